The van der Waals surface area contributed by atoms with Gasteiger partial charge >= 0.3 is 5.69 Å². The average Bonchev–Trinajstić information content (AvgIpc) is 3.00. The summed E-state index contributed by atoms with van der Waals surface area (Å²) in [6.45, 7) is 2.42. The molecule has 7 heteroatoms. The molecule has 24 heavy (non-hydrogen) atoms. The quantitative estimate of drug-likeness (QED) is 0.771. The summed E-state index contributed by atoms with van der Waals surface area (Å²) < 4.78 is 6.63. The van der Waals surface area contributed by atoms with Crippen molar-refractivity contribution >= 4 is 11.3 Å². The first-order valence-electron chi connectivity index (χ1n) is 7.53. The third kappa shape index (κ3) is 3.30. The van der Waals surface area contributed by atoms with Gasteiger partial charge in [-0.05, 0) is 30.7 Å². The topological polar surface area (TPSA) is 77.0 Å². The highest BCUT2D eigenvalue weighted by atomic mass is 32.1. The summed E-state index contributed by atoms with van der Waals surface area (Å²) in [5.74, 6) is 0.798. The lowest BCUT2D eigenvalue weighted by atomic mass is 10.1. The Morgan fingerprint density at radius 2 is 1.96 bits per heavy atom. The second kappa shape index (κ2) is 6.84. The predicted octanol–water partition coefficient (Wildman–Crippen LogP) is 2.28. The van der Waals surface area contributed by atoms with Crippen LogP contribution in [0.3, 0.4) is 0 Å². The van der Waals surface area contributed by atoms with Crippen LogP contribution in [0.1, 0.15) is 16.8 Å². The number of H-pyrrole nitrogens is 1. The van der Waals surface area contributed by atoms with Crippen LogP contribution in [0, 0.1) is 0 Å². The Hall–Kier alpha value is -2.67. The molecule has 0 radical (unpaired) electrons. The molecule has 0 aliphatic heterocycles. The van der Waals surface area contributed by atoms with Gasteiger partial charge in [-0.2, -0.15) is 0 Å². The standard InChI is InChI=1S/C17H17N3O3S/c1-3-13-16(11-4-6-12(23-2)7-5-11)19-15(24-13)10-20-9-8-14(21)18-17(20)22/h4-9H,3,10H2,1-2H3,(H,18,21,22). The van der Waals surface area contributed by atoms with Crippen molar-refractivity contribution in [3.8, 4) is 17.0 Å². The molecule has 3 aromatic rings. The number of aromatic nitrogens is 3. The van der Waals surface area contributed by atoms with Crippen LogP contribution in [0.5, 0.6) is 5.75 Å². The Morgan fingerprint density at radius 1 is 1.21 bits per heavy atom. The number of aromatic amines is 1. The van der Waals surface area contributed by atoms with Crippen molar-refractivity contribution in [2.24, 2.45) is 0 Å². The van der Waals surface area contributed by atoms with E-state index in [-0.39, 0.29) is 0 Å². The van der Waals surface area contributed by atoms with Crippen LogP contribution in [0.25, 0.3) is 11.3 Å². The van der Waals surface area contributed by atoms with Crippen LogP contribution < -0.4 is 16.0 Å². The highest BCUT2D eigenvalue weighted by Crippen LogP contribution is 2.30. The van der Waals surface area contributed by atoms with Gasteiger partial charge in [-0.3, -0.25) is 14.3 Å². The van der Waals surface area contributed by atoms with Crippen LogP contribution in [0.4, 0.5) is 0 Å². The maximum Gasteiger partial charge on any atom is 0.328 e. The maximum atomic E-state index is 11.8. The van der Waals surface area contributed by atoms with Gasteiger partial charge in [0.2, 0.25) is 0 Å². The number of thiazole rings is 1. The Balaban J connectivity index is 1.94. The van der Waals surface area contributed by atoms with E-state index in [9.17, 15) is 9.59 Å². The SMILES string of the molecule is CCc1sc(Cn2ccc(=O)[nH]c2=O)nc1-c1ccc(OC)cc1. The van der Waals surface area contributed by atoms with Gasteiger partial charge < -0.3 is 4.74 Å². The molecule has 0 saturated heterocycles. The molecular formula is C17H17N3O3S. The van der Waals surface area contributed by atoms with Crippen molar-refractivity contribution in [3.63, 3.8) is 0 Å². The lowest BCUT2D eigenvalue weighted by molar-refractivity contribution is 0.415. The largest absolute Gasteiger partial charge is 0.497 e. The Kier molecular flexibility index (Phi) is 4.61. The van der Waals surface area contributed by atoms with Crippen molar-refractivity contribution in [2.45, 2.75) is 19.9 Å². The normalized spacial score (nSPS) is 10.8. The van der Waals surface area contributed by atoms with E-state index in [2.05, 4.69) is 11.9 Å². The third-order valence-corrected chi connectivity index (χ3v) is 4.81. The first kappa shape index (κ1) is 16.2. The zero-order valence-electron chi connectivity index (χ0n) is 13.4. The van der Waals surface area contributed by atoms with Gasteiger partial charge in [-0.15, -0.1) is 11.3 Å². The number of benzene rings is 1. The monoisotopic (exact) mass is 343 g/mol. The number of methoxy groups -OCH3 is 1. The molecule has 0 amide bonds. The van der Waals surface area contributed by atoms with Crippen LogP contribution in [-0.2, 0) is 13.0 Å². The number of ether oxygens (including phenoxy) is 1. The van der Waals surface area contributed by atoms with Crippen LogP contribution in [0.2, 0.25) is 0 Å². The minimum Gasteiger partial charge on any atom is -0.497 e. The molecular weight excluding hydrogens is 326 g/mol. The van der Waals surface area contributed by atoms with E-state index < -0.39 is 11.2 Å². The summed E-state index contributed by atoms with van der Waals surface area (Å²) in [4.78, 5) is 31.1. The molecule has 124 valence electrons. The average molecular weight is 343 g/mol. The van der Waals surface area contributed by atoms with E-state index in [1.807, 2.05) is 24.3 Å². The van der Waals surface area contributed by atoms with Crippen LogP contribution in [-0.4, -0.2) is 21.6 Å². The molecule has 0 bridgehead atoms. The van der Waals surface area contributed by atoms with Gasteiger partial charge in [-0.1, -0.05) is 6.92 Å². The molecule has 6 nitrogen and oxygen atoms in total. The smallest absolute Gasteiger partial charge is 0.328 e. The predicted molar refractivity (Wildman–Crippen MR) is 93.9 cm³/mol. The first-order chi connectivity index (χ1) is 11.6. The number of nitrogens with zero attached hydrogens (tertiary/aromatic N) is 2. The lowest BCUT2D eigenvalue weighted by Crippen LogP contribution is -2.28. The molecule has 0 aliphatic rings. The summed E-state index contributed by atoms with van der Waals surface area (Å²) in [5.41, 5.74) is 1.12. The Morgan fingerprint density at radius 3 is 2.58 bits per heavy atom. The Labute approximate surface area is 142 Å². The first-order valence-corrected chi connectivity index (χ1v) is 8.35. The van der Waals surface area contributed by atoms with E-state index in [4.69, 9.17) is 9.72 Å². The highest BCUT2D eigenvalue weighted by Gasteiger charge is 2.13. The molecule has 0 fully saturated rings. The fourth-order valence-electron chi connectivity index (χ4n) is 2.40. The van der Waals surface area contributed by atoms with E-state index in [0.717, 1.165) is 33.3 Å². The molecule has 1 N–H and O–H groups in total. The van der Waals surface area contributed by atoms with Crippen molar-refractivity contribution in [2.75, 3.05) is 7.11 Å². The maximum absolute atomic E-state index is 11.8. The van der Waals surface area contributed by atoms with Gasteiger partial charge in [0.25, 0.3) is 5.56 Å². The number of aryl methyl sites for hydroxylation is 1. The van der Waals surface area contributed by atoms with E-state index >= 15 is 0 Å². The van der Waals surface area contributed by atoms with Gasteiger partial charge in [0, 0.05) is 22.7 Å². The molecule has 0 spiro atoms. The third-order valence-electron chi connectivity index (χ3n) is 3.63. The zero-order chi connectivity index (χ0) is 17.1. The fourth-order valence-corrected chi connectivity index (χ4v) is 3.43. The molecule has 2 aromatic heterocycles. The summed E-state index contributed by atoms with van der Waals surface area (Å²) in [7, 11) is 1.63. The molecule has 0 atom stereocenters. The number of hydrogen-bond acceptors (Lipinski definition) is 5. The summed E-state index contributed by atoms with van der Waals surface area (Å²) in [6, 6.07) is 9.09. The summed E-state index contributed by atoms with van der Waals surface area (Å²) in [5, 5.41) is 0.826. The lowest BCUT2D eigenvalue weighted by Gasteiger charge is -2.03. The minimum absolute atomic E-state index is 0.337. The molecule has 0 unspecified atom stereocenters. The molecule has 2 heterocycles. The number of rotatable bonds is 5. The van der Waals surface area contributed by atoms with Crippen molar-refractivity contribution in [1.82, 2.24) is 14.5 Å². The van der Waals surface area contributed by atoms with Crippen LogP contribution in [0.15, 0.2) is 46.1 Å². The van der Waals surface area contributed by atoms with Crippen molar-refractivity contribution in [3.05, 3.63) is 67.3 Å². The summed E-state index contributed by atoms with van der Waals surface area (Å²) in [6.07, 6.45) is 2.35. The van der Waals surface area contributed by atoms with Gasteiger partial charge in [0.15, 0.2) is 0 Å². The molecule has 3 rings (SSSR count). The highest BCUT2D eigenvalue weighted by molar-refractivity contribution is 7.12. The second-order valence-corrected chi connectivity index (χ2v) is 6.37. The molecule has 1 aromatic carbocycles. The van der Waals surface area contributed by atoms with Gasteiger partial charge in [0.05, 0.1) is 19.3 Å². The van der Waals surface area contributed by atoms with Crippen LogP contribution >= 0.6 is 11.3 Å². The second-order valence-electron chi connectivity index (χ2n) is 5.20. The van der Waals surface area contributed by atoms with Crippen molar-refractivity contribution in [1.29, 1.82) is 0 Å². The summed E-state index contributed by atoms with van der Waals surface area (Å²) >= 11 is 1.58. The van der Waals surface area contributed by atoms with E-state index in [1.165, 1.54) is 16.8 Å². The number of hydrogen-bond donors (Lipinski definition) is 1. The molecule has 0 saturated carbocycles. The molecule has 0 aliphatic carbocycles. The van der Waals surface area contributed by atoms with E-state index in [1.54, 1.807) is 18.4 Å². The van der Waals surface area contributed by atoms with Gasteiger partial charge in [-0.25, -0.2) is 9.78 Å². The number of nitrogens with one attached hydrogen (secondary N) is 1. The van der Waals surface area contributed by atoms with Gasteiger partial charge in [0.1, 0.15) is 10.8 Å². The van der Waals surface area contributed by atoms with Crippen molar-refractivity contribution < 1.29 is 4.74 Å². The minimum atomic E-state index is -0.429. The zero-order valence-corrected chi connectivity index (χ0v) is 14.2. The fraction of sp³-hybridized carbons (Fsp3) is 0.235. The Bertz CT molecular complexity index is 954. The van der Waals surface area contributed by atoms with E-state index in [0.29, 0.717) is 6.54 Å².